The van der Waals surface area contributed by atoms with Gasteiger partial charge in [-0.25, -0.2) is 0 Å². The van der Waals surface area contributed by atoms with E-state index < -0.39 is 15.8 Å². The summed E-state index contributed by atoms with van der Waals surface area (Å²) in [4.78, 5) is 0. The average molecular weight is 428 g/mol. The third kappa shape index (κ3) is 4.99. The van der Waals surface area contributed by atoms with Gasteiger partial charge < -0.3 is 4.74 Å². The van der Waals surface area contributed by atoms with E-state index in [1.807, 2.05) is 0 Å². The fraction of sp³-hybridized carbons (Fsp3) is 0.111. The minimum absolute atomic E-state index is 0.403. The van der Waals surface area contributed by atoms with Gasteiger partial charge in [-0.1, -0.05) is 109 Å². The van der Waals surface area contributed by atoms with E-state index in [4.69, 9.17) is 4.74 Å². The second-order valence-corrected chi connectivity index (χ2v) is 11.6. The van der Waals surface area contributed by atoms with Crippen molar-refractivity contribution in [2.45, 2.75) is 0 Å². The Morgan fingerprint density at radius 1 is 0.500 bits per heavy atom. The van der Waals surface area contributed by atoms with Crippen LogP contribution in [0.5, 0.6) is 5.75 Å². The Morgan fingerprint density at radius 2 is 0.900 bits per heavy atom. The van der Waals surface area contributed by atoms with Crippen molar-refractivity contribution < 1.29 is 4.74 Å². The van der Waals surface area contributed by atoms with Crippen LogP contribution < -0.4 is 26.0 Å². The number of methoxy groups -OCH3 is 1. The standard InChI is InChI=1S/C27H26OP2/c1-28-26-19-11-12-20-27(26)30(25-17-9-4-10-18-25)22-21-29(23-13-5-2-6-14-23)24-15-7-3-8-16-24/h2-20H,21-22H2,1H3. The maximum Gasteiger partial charge on any atom is 0.126 e. The van der Waals surface area contributed by atoms with E-state index in [0.717, 1.165) is 18.1 Å². The fourth-order valence-corrected chi connectivity index (χ4v) is 9.16. The van der Waals surface area contributed by atoms with Gasteiger partial charge in [0.25, 0.3) is 0 Å². The first-order chi connectivity index (χ1) is 14.9. The molecule has 0 fully saturated rings. The molecule has 4 rings (SSSR count). The van der Waals surface area contributed by atoms with Crippen LogP contribution >= 0.6 is 15.8 Å². The molecule has 0 aliphatic rings. The van der Waals surface area contributed by atoms with Gasteiger partial charge in [0.1, 0.15) is 5.75 Å². The lowest BCUT2D eigenvalue weighted by atomic mass is 10.3. The molecule has 4 aromatic carbocycles. The monoisotopic (exact) mass is 428 g/mol. The van der Waals surface area contributed by atoms with Crippen LogP contribution in [-0.4, -0.2) is 19.4 Å². The van der Waals surface area contributed by atoms with Gasteiger partial charge in [-0.2, -0.15) is 0 Å². The van der Waals surface area contributed by atoms with Crippen LogP contribution in [0.4, 0.5) is 0 Å². The number of para-hydroxylation sites is 1. The largest absolute Gasteiger partial charge is 0.496 e. The molecular formula is C27H26OP2. The molecular weight excluding hydrogens is 402 g/mol. The van der Waals surface area contributed by atoms with Crippen molar-refractivity contribution in [3.05, 3.63) is 115 Å². The molecule has 0 aromatic heterocycles. The smallest absolute Gasteiger partial charge is 0.126 e. The summed E-state index contributed by atoms with van der Waals surface area (Å²) in [6.45, 7) is 0. The van der Waals surface area contributed by atoms with E-state index in [2.05, 4.69) is 115 Å². The fourth-order valence-electron chi connectivity index (χ4n) is 3.67. The van der Waals surface area contributed by atoms with Gasteiger partial charge >= 0.3 is 0 Å². The summed E-state index contributed by atoms with van der Waals surface area (Å²) >= 11 is 0. The zero-order valence-electron chi connectivity index (χ0n) is 17.2. The van der Waals surface area contributed by atoms with E-state index in [0.29, 0.717) is 0 Å². The van der Waals surface area contributed by atoms with Crippen molar-refractivity contribution in [3.63, 3.8) is 0 Å². The maximum atomic E-state index is 5.75. The van der Waals surface area contributed by atoms with Crippen LogP contribution in [0.15, 0.2) is 115 Å². The van der Waals surface area contributed by atoms with Crippen LogP contribution in [0.1, 0.15) is 0 Å². The molecule has 0 saturated carbocycles. The zero-order chi connectivity index (χ0) is 20.6. The molecule has 0 aliphatic heterocycles. The minimum Gasteiger partial charge on any atom is -0.496 e. The number of benzene rings is 4. The number of hydrogen-bond acceptors (Lipinski definition) is 1. The van der Waals surface area contributed by atoms with E-state index in [1.165, 1.54) is 21.2 Å². The van der Waals surface area contributed by atoms with Crippen molar-refractivity contribution in [1.82, 2.24) is 0 Å². The number of ether oxygens (including phenoxy) is 1. The average Bonchev–Trinajstić information content (AvgIpc) is 2.84. The van der Waals surface area contributed by atoms with E-state index in [-0.39, 0.29) is 0 Å². The molecule has 150 valence electrons. The first-order valence-electron chi connectivity index (χ1n) is 10.2. The first kappa shape index (κ1) is 20.8. The Bertz CT molecular complexity index is 996. The van der Waals surface area contributed by atoms with Crippen LogP contribution in [0.2, 0.25) is 0 Å². The van der Waals surface area contributed by atoms with Crippen molar-refractivity contribution in [2.75, 3.05) is 19.4 Å². The second kappa shape index (κ2) is 10.5. The summed E-state index contributed by atoms with van der Waals surface area (Å²) in [5.41, 5.74) is 0. The minimum atomic E-state index is -0.500. The Kier molecular flexibility index (Phi) is 7.30. The predicted octanol–water partition coefficient (Wildman–Crippen LogP) is 5.26. The molecule has 4 aromatic rings. The molecule has 0 heterocycles. The van der Waals surface area contributed by atoms with Gasteiger partial charge in [-0.05, 0) is 50.1 Å². The molecule has 30 heavy (non-hydrogen) atoms. The summed E-state index contributed by atoms with van der Waals surface area (Å²) < 4.78 is 5.75. The zero-order valence-corrected chi connectivity index (χ0v) is 19.0. The van der Waals surface area contributed by atoms with Crippen molar-refractivity contribution in [1.29, 1.82) is 0 Å². The summed E-state index contributed by atoms with van der Waals surface area (Å²) in [5, 5.41) is 5.63. The third-order valence-electron chi connectivity index (χ3n) is 5.13. The molecule has 1 atom stereocenters. The van der Waals surface area contributed by atoms with Gasteiger partial charge in [0, 0.05) is 5.30 Å². The van der Waals surface area contributed by atoms with Crippen LogP contribution in [0, 0.1) is 0 Å². The summed E-state index contributed by atoms with van der Waals surface area (Å²) in [5.74, 6) is 0.996. The summed E-state index contributed by atoms with van der Waals surface area (Å²) in [6.07, 6.45) is 2.29. The van der Waals surface area contributed by atoms with Crippen molar-refractivity contribution in [3.8, 4) is 5.75 Å². The SMILES string of the molecule is COc1ccccc1P(CCP(c1ccccc1)c1ccccc1)c1ccccc1. The lowest BCUT2D eigenvalue weighted by molar-refractivity contribution is 0.418. The molecule has 0 aliphatic carbocycles. The molecule has 0 bridgehead atoms. The van der Waals surface area contributed by atoms with E-state index in [9.17, 15) is 0 Å². The van der Waals surface area contributed by atoms with E-state index in [1.54, 1.807) is 7.11 Å². The normalized spacial score (nSPS) is 11.9. The molecule has 0 N–H and O–H groups in total. The molecule has 3 heteroatoms. The highest BCUT2D eigenvalue weighted by Gasteiger charge is 2.21. The Balaban J connectivity index is 1.68. The van der Waals surface area contributed by atoms with Crippen molar-refractivity contribution >= 4 is 37.1 Å². The first-order valence-corrected chi connectivity index (χ1v) is 13.3. The Hall–Kier alpha value is -2.46. The topological polar surface area (TPSA) is 9.23 Å². The van der Waals surface area contributed by atoms with Gasteiger partial charge in [-0.15, -0.1) is 0 Å². The van der Waals surface area contributed by atoms with E-state index >= 15 is 0 Å². The quantitative estimate of drug-likeness (QED) is 0.348. The highest BCUT2D eigenvalue weighted by molar-refractivity contribution is 7.76. The molecule has 0 spiro atoms. The Morgan fingerprint density at radius 3 is 1.40 bits per heavy atom. The van der Waals surface area contributed by atoms with Crippen LogP contribution in [-0.2, 0) is 0 Å². The number of rotatable bonds is 8. The van der Waals surface area contributed by atoms with Crippen molar-refractivity contribution in [2.24, 2.45) is 0 Å². The molecule has 1 unspecified atom stereocenters. The highest BCUT2D eigenvalue weighted by Crippen LogP contribution is 2.42. The third-order valence-corrected chi connectivity index (χ3v) is 10.5. The van der Waals surface area contributed by atoms with Crippen LogP contribution in [0.3, 0.4) is 0 Å². The molecule has 0 saturated heterocycles. The maximum absolute atomic E-state index is 5.75. The second-order valence-electron chi connectivity index (χ2n) is 6.98. The Labute approximate surface area is 182 Å². The molecule has 1 nitrogen and oxygen atoms in total. The predicted molar refractivity (Wildman–Crippen MR) is 134 cm³/mol. The van der Waals surface area contributed by atoms with Crippen LogP contribution in [0.25, 0.3) is 0 Å². The van der Waals surface area contributed by atoms with Gasteiger partial charge in [-0.3, -0.25) is 0 Å². The highest BCUT2D eigenvalue weighted by atomic mass is 31.1. The lowest BCUT2D eigenvalue weighted by Gasteiger charge is -2.25. The summed E-state index contributed by atoms with van der Waals surface area (Å²) in [6, 6.07) is 41.4. The van der Waals surface area contributed by atoms with Gasteiger partial charge in [0.05, 0.1) is 7.11 Å². The molecule has 0 radical (unpaired) electrons. The summed E-state index contributed by atoms with van der Waals surface area (Å²) in [7, 11) is 0.874. The van der Waals surface area contributed by atoms with Gasteiger partial charge in [0.15, 0.2) is 0 Å². The lowest BCUT2D eigenvalue weighted by Crippen LogP contribution is -2.20. The number of hydrogen-bond donors (Lipinski definition) is 0. The van der Waals surface area contributed by atoms with Gasteiger partial charge in [0.2, 0.25) is 0 Å². The molecule has 0 amide bonds.